The number of hydrogen-bond acceptors (Lipinski definition) is 3. The summed E-state index contributed by atoms with van der Waals surface area (Å²) in [4.78, 5) is 14.6. The molecule has 1 heterocycles. The van der Waals surface area contributed by atoms with Gasteiger partial charge in [0.2, 0.25) is 0 Å². The molecule has 2 aromatic rings. The first-order valence-electron chi connectivity index (χ1n) is 8.01. The van der Waals surface area contributed by atoms with E-state index in [1.807, 2.05) is 42.2 Å². The highest BCUT2D eigenvalue weighted by molar-refractivity contribution is 6.33. The van der Waals surface area contributed by atoms with E-state index in [1.54, 1.807) is 11.9 Å². The Bertz CT molecular complexity index is 722. The van der Waals surface area contributed by atoms with Crippen LogP contribution in [-0.4, -0.2) is 47.8 Å². The number of carbonyl (C=O) groups excluding carboxylic acids is 1. The zero-order valence-electron chi connectivity index (χ0n) is 15.3. The molecule has 0 fully saturated rings. The molecule has 2 rings (SSSR count). The van der Waals surface area contributed by atoms with E-state index in [0.717, 1.165) is 12.1 Å². The van der Waals surface area contributed by atoms with Gasteiger partial charge >= 0.3 is 0 Å². The molecule has 0 spiro atoms. The molecule has 7 heteroatoms. The predicted octanol–water partition coefficient (Wildman–Crippen LogP) is 3.67. The Hall–Kier alpha value is -1.56. The average molecular weight is 385 g/mol. The van der Waals surface area contributed by atoms with E-state index in [-0.39, 0.29) is 23.9 Å². The van der Waals surface area contributed by atoms with Crippen molar-refractivity contribution in [3.8, 4) is 11.3 Å². The van der Waals surface area contributed by atoms with Crippen molar-refractivity contribution < 1.29 is 4.79 Å². The fraction of sp³-hybridized carbons (Fsp3) is 0.444. The maximum Gasteiger partial charge on any atom is 0.257 e. The molecule has 25 heavy (non-hydrogen) atoms. The quantitative estimate of drug-likeness (QED) is 0.855. The number of aromatic nitrogens is 2. The number of rotatable bonds is 5. The summed E-state index contributed by atoms with van der Waals surface area (Å²) in [6, 6.07) is 7.47. The van der Waals surface area contributed by atoms with Crippen molar-refractivity contribution in [1.82, 2.24) is 20.0 Å². The lowest BCUT2D eigenvalue weighted by Gasteiger charge is -2.19. The maximum atomic E-state index is 12.9. The van der Waals surface area contributed by atoms with E-state index in [1.165, 1.54) is 0 Å². The highest BCUT2D eigenvalue weighted by atomic mass is 35.5. The summed E-state index contributed by atoms with van der Waals surface area (Å²) in [5.74, 6) is -0.0596. The molecule has 0 aliphatic rings. The summed E-state index contributed by atoms with van der Waals surface area (Å²) >= 11 is 6.34. The molecule has 1 amide bonds. The first-order chi connectivity index (χ1) is 11.3. The predicted molar refractivity (Wildman–Crippen MR) is 106 cm³/mol. The van der Waals surface area contributed by atoms with E-state index < -0.39 is 0 Å². The summed E-state index contributed by atoms with van der Waals surface area (Å²) in [5.41, 5.74) is 1.74. The number of nitrogens with zero attached hydrogens (tertiary/aromatic N) is 3. The van der Waals surface area contributed by atoms with Gasteiger partial charge in [0.25, 0.3) is 5.91 Å². The van der Waals surface area contributed by atoms with Crippen LogP contribution in [0.5, 0.6) is 0 Å². The van der Waals surface area contributed by atoms with Crippen molar-refractivity contribution in [1.29, 1.82) is 0 Å². The van der Waals surface area contributed by atoms with Crippen LogP contribution in [0.1, 0.15) is 31.1 Å². The summed E-state index contributed by atoms with van der Waals surface area (Å²) in [7, 11) is 3.66. The van der Waals surface area contributed by atoms with Gasteiger partial charge in [-0.2, -0.15) is 5.10 Å². The molecule has 1 aromatic heterocycles. The molecule has 0 aliphatic heterocycles. The van der Waals surface area contributed by atoms with Crippen LogP contribution in [-0.2, 0) is 5.54 Å². The molecule has 0 atom stereocenters. The van der Waals surface area contributed by atoms with E-state index >= 15 is 0 Å². The monoisotopic (exact) mass is 384 g/mol. The zero-order chi connectivity index (χ0) is 17.9. The highest BCUT2D eigenvalue weighted by Crippen LogP contribution is 2.31. The van der Waals surface area contributed by atoms with Crippen LogP contribution >= 0.6 is 24.0 Å². The molecule has 0 aliphatic carbocycles. The van der Waals surface area contributed by atoms with Crippen LogP contribution in [0.4, 0.5) is 0 Å². The van der Waals surface area contributed by atoms with Gasteiger partial charge < -0.3 is 10.2 Å². The lowest BCUT2D eigenvalue weighted by molar-refractivity contribution is 0.0797. The molecule has 0 saturated heterocycles. The van der Waals surface area contributed by atoms with Crippen molar-refractivity contribution in [2.24, 2.45) is 0 Å². The second kappa shape index (κ2) is 8.70. The minimum absolute atomic E-state index is 0. The molecule has 1 N–H and O–H groups in total. The van der Waals surface area contributed by atoms with Gasteiger partial charge in [-0.1, -0.05) is 29.8 Å². The van der Waals surface area contributed by atoms with Crippen LogP contribution in [0.2, 0.25) is 5.02 Å². The Kier molecular flexibility index (Phi) is 7.47. The molecular formula is C18H26Cl2N4O. The van der Waals surface area contributed by atoms with Crippen LogP contribution < -0.4 is 5.32 Å². The number of benzene rings is 1. The summed E-state index contributed by atoms with van der Waals surface area (Å²) in [6.07, 6.45) is 1.82. The summed E-state index contributed by atoms with van der Waals surface area (Å²) in [5, 5.41) is 8.31. The molecule has 0 bridgehead atoms. The van der Waals surface area contributed by atoms with Gasteiger partial charge in [-0.05, 0) is 33.9 Å². The Labute approximate surface area is 160 Å². The Morgan fingerprint density at radius 2 is 1.96 bits per heavy atom. The van der Waals surface area contributed by atoms with Gasteiger partial charge in [0.15, 0.2) is 0 Å². The SMILES string of the molecule is CNCCN(C)C(=O)c1cn(C(C)(C)C)nc1-c1ccccc1Cl.Cl. The van der Waals surface area contributed by atoms with E-state index in [9.17, 15) is 4.79 Å². The van der Waals surface area contributed by atoms with E-state index in [2.05, 4.69) is 31.2 Å². The molecule has 0 unspecified atom stereocenters. The third-order valence-corrected chi connectivity index (χ3v) is 4.13. The lowest BCUT2D eigenvalue weighted by Crippen LogP contribution is -2.33. The largest absolute Gasteiger partial charge is 0.340 e. The molecule has 5 nitrogen and oxygen atoms in total. The lowest BCUT2D eigenvalue weighted by atomic mass is 10.1. The summed E-state index contributed by atoms with van der Waals surface area (Å²) < 4.78 is 1.82. The Morgan fingerprint density at radius 1 is 1.32 bits per heavy atom. The number of hydrogen-bond donors (Lipinski definition) is 1. The number of halogens is 2. The van der Waals surface area contributed by atoms with Crippen LogP contribution in [0, 0.1) is 0 Å². The molecule has 138 valence electrons. The molecule has 0 radical (unpaired) electrons. The Morgan fingerprint density at radius 3 is 2.52 bits per heavy atom. The Balaban J connectivity index is 0.00000312. The topological polar surface area (TPSA) is 50.2 Å². The molecule has 0 saturated carbocycles. The first kappa shape index (κ1) is 21.5. The normalized spacial score (nSPS) is 11.1. The third kappa shape index (κ3) is 4.97. The highest BCUT2D eigenvalue weighted by Gasteiger charge is 2.25. The fourth-order valence-electron chi connectivity index (χ4n) is 2.31. The number of amides is 1. The van der Waals surface area contributed by atoms with Crippen molar-refractivity contribution in [3.05, 3.63) is 41.0 Å². The van der Waals surface area contributed by atoms with Crippen LogP contribution in [0.15, 0.2) is 30.5 Å². The number of nitrogens with one attached hydrogen (secondary N) is 1. The third-order valence-electron chi connectivity index (χ3n) is 3.80. The van der Waals surface area contributed by atoms with Crippen molar-refractivity contribution in [3.63, 3.8) is 0 Å². The molecular weight excluding hydrogens is 359 g/mol. The van der Waals surface area contributed by atoms with E-state index in [0.29, 0.717) is 22.8 Å². The van der Waals surface area contributed by atoms with E-state index in [4.69, 9.17) is 11.6 Å². The number of likely N-dealkylation sites (N-methyl/N-ethyl adjacent to an activating group) is 2. The van der Waals surface area contributed by atoms with Gasteiger partial charge in [-0.15, -0.1) is 12.4 Å². The zero-order valence-corrected chi connectivity index (χ0v) is 16.9. The van der Waals surface area contributed by atoms with Gasteiger partial charge in [0.1, 0.15) is 5.69 Å². The van der Waals surface area contributed by atoms with Crippen molar-refractivity contribution >= 4 is 29.9 Å². The standard InChI is InChI=1S/C18H25ClN4O.ClH/c1-18(2,3)23-12-14(17(24)22(5)11-10-20-4)16(21-23)13-8-6-7-9-15(13)19;/h6-9,12,20H,10-11H2,1-5H3;1H. The van der Waals surface area contributed by atoms with Gasteiger partial charge in [0, 0.05) is 31.9 Å². The minimum atomic E-state index is -0.224. The van der Waals surface area contributed by atoms with Gasteiger partial charge in [0.05, 0.1) is 16.1 Å². The first-order valence-corrected chi connectivity index (χ1v) is 8.38. The van der Waals surface area contributed by atoms with Crippen LogP contribution in [0.25, 0.3) is 11.3 Å². The molecule has 1 aromatic carbocycles. The smallest absolute Gasteiger partial charge is 0.257 e. The second-order valence-corrected chi connectivity index (χ2v) is 7.22. The minimum Gasteiger partial charge on any atom is -0.340 e. The van der Waals surface area contributed by atoms with Gasteiger partial charge in [-0.25, -0.2) is 0 Å². The van der Waals surface area contributed by atoms with Crippen molar-refractivity contribution in [2.75, 3.05) is 27.2 Å². The number of carbonyl (C=O) groups is 1. The summed E-state index contributed by atoms with van der Waals surface area (Å²) in [6.45, 7) is 7.51. The maximum absolute atomic E-state index is 12.9. The van der Waals surface area contributed by atoms with Crippen molar-refractivity contribution in [2.45, 2.75) is 26.3 Å². The average Bonchev–Trinajstić information content (AvgIpc) is 2.97. The second-order valence-electron chi connectivity index (χ2n) is 6.82. The van der Waals surface area contributed by atoms with Gasteiger partial charge in [-0.3, -0.25) is 9.48 Å². The fourth-order valence-corrected chi connectivity index (χ4v) is 2.54. The van der Waals surface area contributed by atoms with Crippen LogP contribution in [0.3, 0.4) is 0 Å².